The van der Waals surface area contributed by atoms with E-state index in [2.05, 4.69) is 30.7 Å². The van der Waals surface area contributed by atoms with Crippen LogP contribution in [-0.2, 0) is 5.88 Å². The van der Waals surface area contributed by atoms with Crippen LogP contribution < -0.4 is 4.90 Å². The number of pyridine rings is 1. The lowest BCUT2D eigenvalue weighted by molar-refractivity contribution is 0.293. The van der Waals surface area contributed by atoms with Gasteiger partial charge in [-0.05, 0) is 31.2 Å². The fourth-order valence-corrected chi connectivity index (χ4v) is 2.98. The highest BCUT2D eigenvalue weighted by molar-refractivity contribution is 6.17. The van der Waals surface area contributed by atoms with Gasteiger partial charge >= 0.3 is 0 Å². The first kappa shape index (κ1) is 13.6. The third-order valence-electron chi connectivity index (χ3n) is 3.96. The van der Waals surface area contributed by atoms with Gasteiger partial charge < -0.3 is 4.90 Å². The molecule has 2 rings (SSSR count). The molecule has 1 aromatic rings. The number of rotatable bonds is 2. The fourth-order valence-electron chi connectivity index (χ4n) is 2.77. The lowest BCUT2D eigenvalue weighted by Gasteiger charge is -2.42. The summed E-state index contributed by atoms with van der Waals surface area (Å²) >= 11 is 5.75. The lowest BCUT2D eigenvalue weighted by atomic mass is 9.86. The molecule has 2 heterocycles. The molecule has 1 aromatic heterocycles. The molecule has 1 saturated heterocycles. The van der Waals surface area contributed by atoms with E-state index in [0.717, 1.165) is 6.54 Å². The van der Waals surface area contributed by atoms with E-state index in [1.807, 2.05) is 0 Å². The maximum absolute atomic E-state index is 14.3. The molecule has 100 valence electrons. The topological polar surface area (TPSA) is 16.1 Å². The van der Waals surface area contributed by atoms with Crippen molar-refractivity contribution < 1.29 is 4.39 Å². The van der Waals surface area contributed by atoms with Crippen molar-refractivity contribution in [3.05, 3.63) is 23.6 Å². The minimum Gasteiger partial charge on any atom is -0.351 e. The fraction of sp³-hybridized carbons (Fsp3) is 0.643. The number of hydrogen-bond donors (Lipinski definition) is 0. The Morgan fingerprint density at radius 1 is 1.44 bits per heavy atom. The number of aromatic nitrogens is 1. The van der Waals surface area contributed by atoms with E-state index < -0.39 is 0 Å². The van der Waals surface area contributed by atoms with E-state index in [9.17, 15) is 4.39 Å². The summed E-state index contributed by atoms with van der Waals surface area (Å²) in [6.45, 7) is 7.43. The van der Waals surface area contributed by atoms with Gasteiger partial charge in [-0.1, -0.05) is 13.8 Å². The Morgan fingerprint density at radius 2 is 2.17 bits per heavy atom. The molecule has 18 heavy (non-hydrogen) atoms. The van der Waals surface area contributed by atoms with Crippen LogP contribution in [0.4, 0.5) is 10.2 Å². The highest BCUT2D eigenvalue weighted by atomic mass is 35.5. The molecule has 1 aliphatic heterocycles. The zero-order valence-corrected chi connectivity index (χ0v) is 11.9. The van der Waals surface area contributed by atoms with Gasteiger partial charge in [0.25, 0.3) is 0 Å². The minimum atomic E-state index is -0.263. The number of nitrogens with zero attached hydrogens (tertiary/aromatic N) is 2. The summed E-state index contributed by atoms with van der Waals surface area (Å²) < 4.78 is 14.3. The minimum absolute atomic E-state index is 0.189. The predicted octanol–water partition coefficient (Wildman–Crippen LogP) is 3.83. The monoisotopic (exact) mass is 270 g/mol. The van der Waals surface area contributed by atoms with Crippen molar-refractivity contribution >= 4 is 17.4 Å². The lowest BCUT2D eigenvalue weighted by Crippen LogP contribution is -2.46. The highest BCUT2D eigenvalue weighted by Gasteiger charge is 2.31. The number of hydrogen-bond acceptors (Lipinski definition) is 2. The Bertz CT molecular complexity index is 424. The standard InChI is InChI=1S/C14H20ClFN2/c1-9-6-10(2)11(3)18(8-9)14-13(16)12(7-15)4-5-17-14/h4-5,9-11H,6-8H2,1-3H3. The largest absolute Gasteiger partial charge is 0.351 e. The summed E-state index contributed by atoms with van der Waals surface area (Å²) in [6.07, 6.45) is 2.83. The molecule has 1 fully saturated rings. The van der Waals surface area contributed by atoms with Gasteiger partial charge in [-0.15, -0.1) is 11.6 Å². The Balaban J connectivity index is 2.35. The van der Waals surface area contributed by atoms with Crippen LogP contribution in [0.1, 0.15) is 32.8 Å². The maximum atomic E-state index is 14.3. The molecule has 0 saturated carbocycles. The molecule has 3 atom stereocenters. The molecule has 0 N–H and O–H groups in total. The molecule has 4 heteroatoms. The number of piperidine rings is 1. The quantitative estimate of drug-likeness (QED) is 0.760. The first-order valence-electron chi connectivity index (χ1n) is 6.50. The molecule has 0 amide bonds. The second-order valence-corrected chi connectivity index (χ2v) is 5.72. The Hall–Kier alpha value is -0.830. The van der Waals surface area contributed by atoms with Crippen molar-refractivity contribution in [3.8, 4) is 0 Å². The van der Waals surface area contributed by atoms with Crippen LogP contribution in [0.3, 0.4) is 0 Å². The SMILES string of the molecule is CC1CC(C)C(C)N(c2nccc(CCl)c2F)C1. The van der Waals surface area contributed by atoms with E-state index in [0.29, 0.717) is 29.3 Å². The van der Waals surface area contributed by atoms with Crippen LogP contribution in [0, 0.1) is 17.7 Å². The predicted molar refractivity (Wildman–Crippen MR) is 73.5 cm³/mol. The third kappa shape index (κ3) is 2.46. The Morgan fingerprint density at radius 3 is 2.83 bits per heavy atom. The zero-order chi connectivity index (χ0) is 13.3. The first-order valence-corrected chi connectivity index (χ1v) is 7.04. The second kappa shape index (κ2) is 5.43. The van der Waals surface area contributed by atoms with Crippen molar-refractivity contribution in [2.45, 2.75) is 39.1 Å². The van der Waals surface area contributed by atoms with E-state index in [-0.39, 0.29) is 11.7 Å². The van der Waals surface area contributed by atoms with Crippen LogP contribution in [0.25, 0.3) is 0 Å². The molecule has 0 spiro atoms. The first-order chi connectivity index (χ1) is 8.54. The molecular weight excluding hydrogens is 251 g/mol. The summed E-state index contributed by atoms with van der Waals surface area (Å²) in [5.74, 6) is 1.50. The van der Waals surface area contributed by atoms with Crippen molar-refractivity contribution in [1.29, 1.82) is 0 Å². The molecular formula is C14H20ClFN2. The summed E-state index contributed by atoms with van der Waals surface area (Å²) in [7, 11) is 0. The van der Waals surface area contributed by atoms with Gasteiger partial charge in [0.2, 0.25) is 0 Å². The average molecular weight is 271 g/mol. The summed E-state index contributed by atoms with van der Waals surface area (Å²) in [6, 6.07) is 1.96. The molecule has 0 radical (unpaired) electrons. The average Bonchev–Trinajstić information content (AvgIpc) is 2.34. The molecule has 0 aromatic carbocycles. The van der Waals surface area contributed by atoms with Gasteiger partial charge in [0.05, 0.1) is 5.88 Å². The number of halogens is 2. The summed E-state index contributed by atoms with van der Waals surface area (Å²) in [5.41, 5.74) is 0.528. The van der Waals surface area contributed by atoms with Gasteiger partial charge in [0.1, 0.15) is 0 Å². The molecule has 0 aliphatic carbocycles. The Kier molecular flexibility index (Phi) is 4.10. The zero-order valence-electron chi connectivity index (χ0n) is 11.2. The normalized spacial score (nSPS) is 28.5. The van der Waals surface area contributed by atoms with Crippen LogP contribution in [0.2, 0.25) is 0 Å². The number of alkyl halides is 1. The van der Waals surface area contributed by atoms with Crippen molar-refractivity contribution in [1.82, 2.24) is 4.98 Å². The van der Waals surface area contributed by atoms with Crippen LogP contribution in [-0.4, -0.2) is 17.6 Å². The van der Waals surface area contributed by atoms with E-state index >= 15 is 0 Å². The van der Waals surface area contributed by atoms with Gasteiger partial charge in [-0.25, -0.2) is 9.37 Å². The van der Waals surface area contributed by atoms with Gasteiger partial charge in [0.15, 0.2) is 11.6 Å². The summed E-state index contributed by atoms with van der Waals surface area (Å²) in [5, 5.41) is 0. The van der Waals surface area contributed by atoms with E-state index in [1.54, 1.807) is 12.3 Å². The molecule has 1 aliphatic rings. The van der Waals surface area contributed by atoms with Crippen molar-refractivity contribution in [2.75, 3.05) is 11.4 Å². The highest BCUT2D eigenvalue weighted by Crippen LogP contribution is 2.32. The van der Waals surface area contributed by atoms with Crippen LogP contribution in [0.15, 0.2) is 12.3 Å². The van der Waals surface area contributed by atoms with E-state index in [1.165, 1.54) is 6.42 Å². The molecule has 0 bridgehead atoms. The molecule has 2 nitrogen and oxygen atoms in total. The smallest absolute Gasteiger partial charge is 0.170 e. The van der Waals surface area contributed by atoms with Crippen LogP contribution >= 0.6 is 11.6 Å². The van der Waals surface area contributed by atoms with Gasteiger partial charge in [-0.3, -0.25) is 0 Å². The third-order valence-corrected chi connectivity index (χ3v) is 4.25. The second-order valence-electron chi connectivity index (χ2n) is 5.45. The van der Waals surface area contributed by atoms with Crippen molar-refractivity contribution in [2.24, 2.45) is 11.8 Å². The maximum Gasteiger partial charge on any atom is 0.170 e. The molecule has 3 unspecified atom stereocenters. The Labute approximate surface area is 113 Å². The van der Waals surface area contributed by atoms with E-state index in [4.69, 9.17) is 11.6 Å². The van der Waals surface area contributed by atoms with Gasteiger partial charge in [0, 0.05) is 24.3 Å². The van der Waals surface area contributed by atoms with Crippen molar-refractivity contribution in [3.63, 3.8) is 0 Å². The summed E-state index contributed by atoms with van der Waals surface area (Å²) in [4.78, 5) is 6.31. The van der Waals surface area contributed by atoms with Crippen LogP contribution in [0.5, 0.6) is 0 Å². The number of anilines is 1. The van der Waals surface area contributed by atoms with Gasteiger partial charge in [-0.2, -0.15) is 0 Å².